The molecule has 1 heterocycles. The zero-order chi connectivity index (χ0) is 11.4. The van der Waals surface area contributed by atoms with E-state index in [1.165, 1.54) is 10.9 Å². The summed E-state index contributed by atoms with van der Waals surface area (Å²) >= 11 is 0. The van der Waals surface area contributed by atoms with E-state index in [-0.39, 0.29) is 5.78 Å². The summed E-state index contributed by atoms with van der Waals surface area (Å²) in [6.45, 7) is 0.332. The third kappa shape index (κ3) is 1.99. The Morgan fingerprint density at radius 3 is 2.75 bits per heavy atom. The van der Waals surface area contributed by atoms with Crippen LogP contribution >= 0.6 is 0 Å². The van der Waals surface area contributed by atoms with Crippen LogP contribution in [0.1, 0.15) is 16.9 Å². The Hall–Kier alpha value is -2.01. The minimum Gasteiger partial charge on any atom is -0.330 e. The Kier molecular flexibility index (Phi) is 3.07. The average molecular weight is 216 g/mol. The van der Waals surface area contributed by atoms with Crippen LogP contribution in [0.25, 0.3) is 5.69 Å². The number of para-hydroxylation sites is 1. The summed E-state index contributed by atoms with van der Waals surface area (Å²) in [6.07, 6.45) is 1.77. The first-order chi connectivity index (χ1) is 7.83. The number of carbonyl (C=O) groups excluding carboxylic acids is 1. The Morgan fingerprint density at radius 2 is 2.06 bits per heavy atom. The van der Waals surface area contributed by atoms with Gasteiger partial charge in [0.05, 0.1) is 11.9 Å². The van der Waals surface area contributed by atoms with E-state index < -0.39 is 0 Å². The number of hydrogen-bond donors (Lipinski definition) is 1. The minimum absolute atomic E-state index is 0.0450. The largest absolute Gasteiger partial charge is 0.330 e. The van der Waals surface area contributed by atoms with E-state index in [0.29, 0.717) is 18.7 Å². The number of aromatic nitrogens is 3. The molecule has 0 spiro atoms. The van der Waals surface area contributed by atoms with Crippen molar-refractivity contribution in [1.29, 1.82) is 0 Å². The predicted octanol–water partition coefficient (Wildman–Crippen LogP) is 0.799. The van der Waals surface area contributed by atoms with Crippen molar-refractivity contribution in [2.75, 3.05) is 6.54 Å². The topological polar surface area (TPSA) is 73.8 Å². The van der Waals surface area contributed by atoms with E-state index in [4.69, 9.17) is 5.73 Å². The lowest BCUT2D eigenvalue weighted by Gasteiger charge is -2.03. The van der Waals surface area contributed by atoms with Crippen molar-refractivity contribution in [3.8, 4) is 5.69 Å². The van der Waals surface area contributed by atoms with E-state index in [1.54, 1.807) is 0 Å². The van der Waals surface area contributed by atoms with Crippen LogP contribution < -0.4 is 5.73 Å². The van der Waals surface area contributed by atoms with Gasteiger partial charge < -0.3 is 5.73 Å². The van der Waals surface area contributed by atoms with E-state index in [9.17, 15) is 4.79 Å². The first-order valence-corrected chi connectivity index (χ1v) is 5.02. The zero-order valence-electron chi connectivity index (χ0n) is 8.71. The number of benzene rings is 1. The molecule has 0 fully saturated rings. The van der Waals surface area contributed by atoms with Crippen molar-refractivity contribution in [1.82, 2.24) is 15.0 Å². The highest BCUT2D eigenvalue weighted by Gasteiger charge is 2.13. The van der Waals surface area contributed by atoms with Gasteiger partial charge in [0.25, 0.3) is 0 Å². The van der Waals surface area contributed by atoms with Crippen molar-refractivity contribution < 1.29 is 4.79 Å². The molecule has 5 heteroatoms. The van der Waals surface area contributed by atoms with Gasteiger partial charge in [0.1, 0.15) is 5.69 Å². The fourth-order valence-corrected chi connectivity index (χ4v) is 1.44. The first kappa shape index (κ1) is 10.5. The van der Waals surface area contributed by atoms with Gasteiger partial charge in [0.2, 0.25) is 0 Å². The Balaban J connectivity index is 2.37. The van der Waals surface area contributed by atoms with Crippen LogP contribution in [0.2, 0.25) is 0 Å². The van der Waals surface area contributed by atoms with Crippen LogP contribution in [0.4, 0.5) is 0 Å². The van der Waals surface area contributed by atoms with Crippen molar-refractivity contribution in [2.24, 2.45) is 5.73 Å². The van der Waals surface area contributed by atoms with Gasteiger partial charge in [-0.15, -0.1) is 5.10 Å². The highest BCUT2D eigenvalue weighted by molar-refractivity contribution is 5.94. The lowest BCUT2D eigenvalue weighted by Crippen LogP contribution is -2.13. The van der Waals surface area contributed by atoms with Gasteiger partial charge >= 0.3 is 0 Å². The lowest BCUT2D eigenvalue weighted by atomic mass is 10.2. The second kappa shape index (κ2) is 4.67. The predicted molar refractivity (Wildman–Crippen MR) is 59.4 cm³/mol. The Bertz CT molecular complexity index is 478. The number of ketones is 1. The average Bonchev–Trinajstić information content (AvgIpc) is 2.79. The number of Topliss-reactive ketones (excluding diaryl/α,β-unsaturated/α-hetero) is 1. The maximum atomic E-state index is 11.7. The molecule has 1 aromatic heterocycles. The highest BCUT2D eigenvalue weighted by Crippen LogP contribution is 2.09. The molecule has 0 atom stereocenters. The summed E-state index contributed by atoms with van der Waals surface area (Å²) in [5, 5.41) is 7.65. The van der Waals surface area contributed by atoms with Gasteiger partial charge in [-0.05, 0) is 18.7 Å². The van der Waals surface area contributed by atoms with Crippen molar-refractivity contribution in [3.05, 3.63) is 42.2 Å². The van der Waals surface area contributed by atoms with Gasteiger partial charge in [-0.25, -0.2) is 4.68 Å². The standard InChI is InChI=1S/C11H12N4O/c12-7-6-11(16)10-8-13-14-15(10)9-4-2-1-3-5-9/h1-5,8H,6-7,12H2. The molecule has 0 saturated heterocycles. The number of nitrogens with two attached hydrogens (primary N) is 1. The highest BCUT2D eigenvalue weighted by atomic mass is 16.1. The molecule has 0 aliphatic carbocycles. The number of carbonyl (C=O) groups is 1. The summed E-state index contributed by atoms with van der Waals surface area (Å²) in [4.78, 5) is 11.7. The van der Waals surface area contributed by atoms with Crippen molar-refractivity contribution in [3.63, 3.8) is 0 Å². The van der Waals surface area contributed by atoms with Crippen LogP contribution in [0.15, 0.2) is 36.5 Å². The third-order valence-electron chi connectivity index (χ3n) is 2.21. The van der Waals surface area contributed by atoms with Gasteiger partial charge in [-0.3, -0.25) is 4.79 Å². The smallest absolute Gasteiger partial charge is 0.184 e. The normalized spacial score (nSPS) is 10.3. The molecule has 0 amide bonds. The van der Waals surface area contributed by atoms with Crippen molar-refractivity contribution in [2.45, 2.75) is 6.42 Å². The molecular weight excluding hydrogens is 204 g/mol. The van der Waals surface area contributed by atoms with Gasteiger partial charge in [0.15, 0.2) is 5.78 Å². The number of hydrogen-bond acceptors (Lipinski definition) is 4. The van der Waals surface area contributed by atoms with Crippen molar-refractivity contribution >= 4 is 5.78 Å². The summed E-state index contributed by atoms with van der Waals surface area (Å²) < 4.78 is 1.53. The van der Waals surface area contributed by atoms with Crippen LogP contribution in [0.3, 0.4) is 0 Å². The van der Waals surface area contributed by atoms with E-state index in [1.807, 2.05) is 30.3 Å². The Morgan fingerprint density at radius 1 is 1.31 bits per heavy atom. The SMILES string of the molecule is NCCC(=O)c1cnnn1-c1ccccc1. The minimum atomic E-state index is -0.0450. The quantitative estimate of drug-likeness (QED) is 0.767. The second-order valence-electron chi connectivity index (χ2n) is 3.33. The van der Waals surface area contributed by atoms with E-state index in [2.05, 4.69) is 10.3 Å². The molecule has 82 valence electrons. The van der Waals surface area contributed by atoms with Gasteiger partial charge in [-0.1, -0.05) is 23.4 Å². The van der Waals surface area contributed by atoms with Crippen LogP contribution in [-0.2, 0) is 0 Å². The zero-order valence-corrected chi connectivity index (χ0v) is 8.71. The summed E-state index contributed by atoms with van der Waals surface area (Å²) in [6, 6.07) is 9.41. The molecule has 2 N–H and O–H groups in total. The summed E-state index contributed by atoms with van der Waals surface area (Å²) in [5.41, 5.74) is 6.64. The molecular formula is C11H12N4O. The molecule has 0 unspecified atom stereocenters. The molecule has 0 saturated carbocycles. The molecule has 0 aliphatic heterocycles. The second-order valence-corrected chi connectivity index (χ2v) is 3.33. The number of rotatable bonds is 4. The molecule has 0 bridgehead atoms. The van der Waals surface area contributed by atoms with Crippen LogP contribution in [0.5, 0.6) is 0 Å². The van der Waals surface area contributed by atoms with E-state index in [0.717, 1.165) is 5.69 Å². The third-order valence-corrected chi connectivity index (χ3v) is 2.21. The number of nitrogens with zero attached hydrogens (tertiary/aromatic N) is 3. The first-order valence-electron chi connectivity index (χ1n) is 5.02. The molecule has 0 radical (unpaired) electrons. The van der Waals surface area contributed by atoms with E-state index >= 15 is 0 Å². The molecule has 1 aromatic carbocycles. The van der Waals surface area contributed by atoms with Crippen LogP contribution in [-0.4, -0.2) is 27.3 Å². The molecule has 0 aliphatic rings. The van der Waals surface area contributed by atoms with Crippen LogP contribution in [0, 0.1) is 0 Å². The molecule has 2 aromatic rings. The molecule has 5 nitrogen and oxygen atoms in total. The molecule has 2 rings (SSSR count). The summed E-state index contributed by atoms with van der Waals surface area (Å²) in [5.74, 6) is -0.0450. The fraction of sp³-hybridized carbons (Fsp3) is 0.182. The monoisotopic (exact) mass is 216 g/mol. The van der Waals surface area contributed by atoms with Gasteiger partial charge in [0, 0.05) is 6.42 Å². The maximum Gasteiger partial charge on any atom is 0.184 e. The summed E-state index contributed by atoms with van der Waals surface area (Å²) in [7, 11) is 0. The fourth-order valence-electron chi connectivity index (χ4n) is 1.44. The lowest BCUT2D eigenvalue weighted by molar-refractivity contribution is 0.0978. The van der Waals surface area contributed by atoms with Gasteiger partial charge in [-0.2, -0.15) is 0 Å². The Labute approximate surface area is 92.9 Å². The maximum absolute atomic E-state index is 11.7. The molecule has 16 heavy (non-hydrogen) atoms.